The molecule has 1 atom stereocenters. The second kappa shape index (κ2) is 12.2. The van der Waals surface area contributed by atoms with Crippen LogP contribution >= 0.6 is 0 Å². The molecule has 0 aromatic heterocycles. The van der Waals surface area contributed by atoms with Crippen LogP contribution in [0.5, 0.6) is 11.5 Å². The summed E-state index contributed by atoms with van der Waals surface area (Å²) in [6.07, 6.45) is -2.19. The van der Waals surface area contributed by atoms with Crippen LogP contribution in [0.15, 0.2) is 83.5 Å². The Hall–Kier alpha value is -4.35. The molecule has 4 rings (SSSR count). The average Bonchev–Trinajstić information content (AvgIpc) is 3.74. The van der Waals surface area contributed by atoms with Gasteiger partial charge in [0.1, 0.15) is 22.9 Å². The molecule has 40 heavy (non-hydrogen) atoms. The third-order valence-electron chi connectivity index (χ3n) is 6.36. The number of aromatic hydroxyl groups is 2. The van der Waals surface area contributed by atoms with Crippen molar-refractivity contribution in [1.29, 1.82) is 0 Å². The van der Waals surface area contributed by atoms with Gasteiger partial charge in [0, 0.05) is 17.8 Å². The summed E-state index contributed by atoms with van der Waals surface area (Å²) in [5.74, 6) is -0.455. The number of alkyl halides is 3. The summed E-state index contributed by atoms with van der Waals surface area (Å²) in [6.45, 7) is 0.861. The number of halogens is 3. The van der Waals surface area contributed by atoms with Crippen LogP contribution in [0.3, 0.4) is 0 Å². The summed E-state index contributed by atoms with van der Waals surface area (Å²) >= 11 is 0. The van der Waals surface area contributed by atoms with E-state index in [1.807, 2.05) is 0 Å². The van der Waals surface area contributed by atoms with Gasteiger partial charge in [0.05, 0.1) is 11.7 Å². The van der Waals surface area contributed by atoms with Crippen molar-refractivity contribution < 1.29 is 28.2 Å². The largest absolute Gasteiger partial charge is 0.508 e. The molecule has 1 amide bonds. The first-order chi connectivity index (χ1) is 19.0. The van der Waals surface area contributed by atoms with E-state index in [1.165, 1.54) is 24.3 Å². The Kier molecular flexibility index (Phi) is 8.76. The maximum absolute atomic E-state index is 13.2. The van der Waals surface area contributed by atoms with E-state index in [-0.39, 0.29) is 29.4 Å². The Morgan fingerprint density at radius 2 is 1.82 bits per heavy atom. The molecule has 3 aromatic carbocycles. The first kappa shape index (κ1) is 28.7. The number of nitrogens with one attached hydrogen (secondary N) is 2. The van der Waals surface area contributed by atoms with Gasteiger partial charge in [-0.05, 0) is 85.0 Å². The molecule has 0 radical (unpaired) electrons. The van der Waals surface area contributed by atoms with Gasteiger partial charge in [-0.2, -0.15) is 13.2 Å². The zero-order valence-electron chi connectivity index (χ0n) is 21.4. The molecule has 0 aliphatic heterocycles. The highest BCUT2D eigenvalue weighted by Crippen LogP contribution is 2.35. The van der Waals surface area contributed by atoms with Gasteiger partial charge in [-0.1, -0.05) is 24.3 Å². The Labute approximate surface area is 229 Å². The molecule has 1 unspecified atom stereocenters. The van der Waals surface area contributed by atoms with Gasteiger partial charge in [-0.3, -0.25) is 4.79 Å². The number of rotatable bonds is 10. The standard InChI is InChI=1S/C29H30F3N5O3/c30-29(31,32)26(34)14-24(36-20-5-1-3-18(11-20)15-33)28(40)37-21-6-2-4-19(12-21)27(35-16-17-7-8-17)23-13-22(38)9-10-25(23)39/h1-6,9-14,17,27,35,38-39H,7-8,15-16,33-34H2,(H,37,40). The number of anilines is 1. The number of carbonyl (C=O) groups is 1. The number of allylic oxidation sites excluding steroid dienone is 1. The van der Waals surface area contributed by atoms with Crippen LogP contribution in [0.4, 0.5) is 24.5 Å². The molecule has 1 saturated carbocycles. The van der Waals surface area contributed by atoms with E-state index in [0.717, 1.165) is 12.8 Å². The lowest BCUT2D eigenvalue weighted by atomic mass is 9.96. The molecule has 1 aliphatic carbocycles. The topological polar surface area (TPSA) is 146 Å². The molecule has 11 heteroatoms. The number of carbonyl (C=O) groups excluding carboxylic acids is 1. The van der Waals surface area contributed by atoms with Gasteiger partial charge in [-0.25, -0.2) is 4.99 Å². The van der Waals surface area contributed by atoms with Crippen molar-refractivity contribution in [1.82, 2.24) is 5.32 Å². The molecule has 8 N–H and O–H groups in total. The number of hydrogen-bond acceptors (Lipinski definition) is 7. The van der Waals surface area contributed by atoms with Crippen molar-refractivity contribution in [3.05, 3.63) is 95.2 Å². The van der Waals surface area contributed by atoms with Crippen molar-refractivity contribution in [3.8, 4) is 11.5 Å². The van der Waals surface area contributed by atoms with Gasteiger partial charge in [0.25, 0.3) is 5.91 Å². The Morgan fingerprint density at radius 3 is 2.52 bits per heavy atom. The highest BCUT2D eigenvalue weighted by molar-refractivity contribution is 6.47. The van der Waals surface area contributed by atoms with Crippen molar-refractivity contribution in [2.75, 3.05) is 11.9 Å². The van der Waals surface area contributed by atoms with Crippen molar-refractivity contribution in [2.24, 2.45) is 22.4 Å². The Morgan fingerprint density at radius 1 is 1.07 bits per heavy atom. The highest BCUT2D eigenvalue weighted by Gasteiger charge is 2.32. The number of phenols is 2. The summed E-state index contributed by atoms with van der Waals surface area (Å²) in [5, 5.41) is 26.5. The molecule has 0 bridgehead atoms. The van der Waals surface area contributed by atoms with Gasteiger partial charge in [0.2, 0.25) is 0 Å². The maximum Gasteiger partial charge on any atom is 0.430 e. The first-order valence-electron chi connectivity index (χ1n) is 12.6. The fraction of sp³-hybridized carbons (Fsp3) is 0.241. The van der Waals surface area contributed by atoms with Crippen LogP contribution in [0.1, 0.15) is 35.6 Å². The second-order valence-corrected chi connectivity index (χ2v) is 9.58. The predicted molar refractivity (Wildman–Crippen MR) is 147 cm³/mol. The van der Waals surface area contributed by atoms with Gasteiger partial charge < -0.3 is 32.3 Å². The van der Waals surface area contributed by atoms with Crippen LogP contribution < -0.4 is 22.1 Å². The number of phenolic OH excluding ortho intramolecular Hbond substituents is 2. The fourth-order valence-corrected chi connectivity index (χ4v) is 4.05. The highest BCUT2D eigenvalue weighted by atomic mass is 19.4. The Bertz CT molecular complexity index is 1430. The lowest BCUT2D eigenvalue weighted by Crippen LogP contribution is -2.27. The van der Waals surface area contributed by atoms with E-state index >= 15 is 0 Å². The predicted octanol–water partition coefficient (Wildman–Crippen LogP) is 4.76. The van der Waals surface area contributed by atoms with Crippen LogP contribution in [-0.2, 0) is 11.3 Å². The van der Waals surface area contributed by atoms with Crippen LogP contribution in [-0.4, -0.2) is 34.6 Å². The third-order valence-corrected chi connectivity index (χ3v) is 6.36. The van der Waals surface area contributed by atoms with E-state index in [4.69, 9.17) is 11.5 Å². The quantitative estimate of drug-likeness (QED) is 0.158. The molecule has 210 valence electrons. The number of nitrogens with zero attached hydrogens (tertiary/aromatic N) is 1. The minimum atomic E-state index is -4.86. The van der Waals surface area contributed by atoms with Crippen LogP contribution in [0.25, 0.3) is 0 Å². The molecule has 3 aromatic rings. The summed E-state index contributed by atoms with van der Waals surface area (Å²) in [4.78, 5) is 17.3. The average molecular weight is 554 g/mol. The van der Waals surface area contributed by atoms with Gasteiger partial charge >= 0.3 is 6.18 Å². The minimum Gasteiger partial charge on any atom is -0.508 e. The maximum atomic E-state index is 13.2. The molecule has 0 spiro atoms. The zero-order chi connectivity index (χ0) is 28.9. The fourth-order valence-electron chi connectivity index (χ4n) is 4.05. The Balaban J connectivity index is 1.66. The molecule has 1 aliphatic rings. The molecule has 0 saturated heterocycles. The molecular weight excluding hydrogens is 523 g/mol. The number of aliphatic imine (C=N–C) groups is 1. The van der Waals surface area contributed by atoms with E-state index in [9.17, 15) is 28.2 Å². The summed E-state index contributed by atoms with van der Waals surface area (Å²) in [7, 11) is 0. The summed E-state index contributed by atoms with van der Waals surface area (Å²) in [6, 6.07) is 16.8. The summed E-state index contributed by atoms with van der Waals surface area (Å²) < 4.78 is 39.6. The monoisotopic (exact) mass is 553 g/mol. The number of amides is 1. The van der Waals surface area contributed by atoms with Gasteiger partial charge in [0.15, 0.2) is 0 Å². The van der Waals surface area contributed by atoms with E-state index in [1.54, 1.807) is 42.5 Å². The van der Waals surface area contributed by atoms with E-state index in [2.05, 4.69) is 15.6 Å². The molecule has 8 nitrogen and oxygen atoms in total. The zero-order valence-corrected chi connectivity index (χ0v) is 21.4. The van der Waals surface area contributed by atoms with Crippen molar-refractivity contribution in [2.45, 2.75) is 31.6 Å². The van der Waals surface area contributed by atoms with Crippen molar-refractivity contribution >= 4 is 23.0 Å². The second-order valence-electron chi connectivity index (χ2n) is 9.58. The molecule has 1 fully saturated rings. The smallest absolute Gasteiger partial charge is 0.430 e. The molecular formula is C29H30F3N5O3. The van der Waals surface area contributed by atoms with Crippen LogP contribution in [0.2, 0.25) is 0 Å². The number of hydrogen-bond donors (Lipinski definition) is 6. The van der Waals surface area contributed by atoms with E-state index < -0.39 is 29.5 Å². The first-order valence-corrected chi connectivity index (χ1v) is 12.6. The third kappa shape index (κ3) is 7.61. The van der Waals surface area contributed by atoms with Gasteiger partial charge in [-0.15, -0.1) is 0 Å². The van der Waals surface area contributed by atoms with E-state index in [0.29, 0.717) is 35.2 Å². The summed E-state index contributed by atoms with van der Waals surface area (Å²) in [5.41, 5.74) is 11.1. The molecule has 0 heterocycles. The SMILES string of the molecule is NCc1cccc(N=C(C=C(N)C(F)(F)F)C(=O)Nc2cccc(C(NCC3CC3)c3cc(O)ccc3O)c2)c1. The van der Waals surface area contributed by atoms with Crippen LogP contribution in [0, 0.1) is 5.92 Å². The normalized spacial score (nSPS) is 15.1. The lowest BCUT2D eigenvalue weighted by Gasteiger charge is -2.22. The number of nitrogens with two attached hydrogens (primary N) is 2. The lowest BCUT2D eigenvalue weighted by molar-refractivity contribution is -0.110. The number of benzene rings is 3. The van der Waals surface area contributed by atoms with Crippen molar-refractivity contribution in [3.63, 3.8) is 0 Å². The minimum absolute atomic E-state index is 0.0240.